The van der Waals surface area contributed by atoms with E-state index in [1.165, 1.54) is 7.05 Å². The second kappa shape index (κ2) is 4.93. The van der Waals surface area contributed by atoms with Crippen molar-refractivity contribution < 1.29 is 23.1 Å². The minimum Gasteiger partial charge on any atom is -0.506 e. The third-order valence-electron chi connectivity index (χ3n) is 2.03. The van der Waals surface area contributed by atoms with Gasteiger partial charge in [-0.15, -0.1) is 0 Å². The van der Waals surface area contributed by atoms with Crippen LogP contribution in [0.15, 0.2) is 12.1 Å². The van der Waals surface area contributed by atoms with Crippen molar-refractivity contribution in [2.45, 2.75) is 6.18 Å². The van der Waals surface area contributed by atoms with E-state index in [4.69, 9.17) is 11.6 Å². The molecule has 0 fully saturated rings. The zero-order chi connectivity index (χ0) is 13.2. The molecule has 0 saturated carbocycles. The van der Waals surface area contributed by atoms with Gasteiger partial charge >= 0.3 is 6.18 Å². The molecule has 1 rings (SSSR count). The Morgan fingerprint density at radius 1 is 1.47 bits per heavy atom. The van der Waals surface area contributed by atoms with Crippen molar-refractivity contribution in [2.24, 2.45) is 0 Å². The number of rotatable bonds is 3. The van der Waals surface area contributed by atoms with E-state index < -0.39 is 28.3 Å². The minimum absolute atomic E-state index is 0.113. The van der Waals surface area contributed by atoms with Crippen molar-refractivity contribution in [3.8, 4) is 5.75 Å². The molecule has 0 amide bonds. The first-order chi connectivity index (χ1) is 7.77. The fraction of sp³-hybridized carbons (Fsp3) is 0.300. The maximum atomic E-state index is 12.5. The molecule has 0 heterocycles. The van der Waals surface area contributed by atoms with Gasteiger partial charge in [0.1, 0.15) is 5.75 Å². The average Bonchev–Trinajstić information content (AvgIpc) is 2.20. The van der Waals surface area contributed by atoms with Crippen LogP contribution in [-0.2, 0) is 6.18 Å². The van der Waals surface area contributed by atoms with Crippen LogP contribution in [0.25, 0.3) is 0 Å². The number of likely N-dealkylation sites (N-methyl/N-ethyl adjacent to an activating group) is 1. The number of phenolic OH excluding ortho intramolecular Hbond substituents is 1. The normalized spacial score (nSPS) is 11.6. The zero-order valence-corrected chi connectivity index (χ0v) is 9.49. The van der Waals surface area contributed by atoms with Crippen LogP contribution in [-0.4, -0.2) is 24.5 Å². The predicted octanol–water partition coefficient (Wildman–Crippen LogP) is 2.47. The van der Waals surface area contributed by atoms with Gasteiger partial charge in [0, 0.05) is 5.56 Å². The van der Waals surface area contributed by atoms with Crippen molar-refractivity contribution in [3.05, 3.63) is 28.3 Å². The van der Waals surface area contributed by atoms with Gasteiger partial charge in [0.2, 0.25) is 0 Å². The van der Waals surface area contributed by atoms with Crippen molar-refractivity contribution in [1.29, 1.82) is 0 Å². The van der Waals surface area contributed by atoms with Crippen LogP contribution >= 0.6 is 11.6 Å². The summed E-state index contributed by atoms with van der Waals surface area (Å²) in [4.78, 5) is 11.4. The smallest absolute Gasteiger partial charge is 0.420 e. The number of nitrogens with one attached hydrogen (secondary N) is 1. The van der Waals surface area contributed by atoms with E-state index >= 15 is 0 Å². The van der Waals surface area contributed by atoms with Gasteiger partial charge in [0.05, 0.1) is 17.1 Å². The molecule has 3 nitrogen and oxygen atoms in total. The van der Waals surface area contributed by atoms with E-state index in [1.54, 1.807) is 0 Å². The fourth-order valence-electron chi connectivity index (χ4n) is 1.24. The van der Waals surface area contributed by atoms with Crippen molar-refractivity contribution in [1.82, 2.24) is 5.32 Å². The molecule has 7 heteroatoms. The number of hydrogen-bond acceptors (Lipinski definition) is 3. The second-order valence-corrected chi connectivity index (χ2v) is 3.71. The Morgan fingerprint density at radius 2 is 2.06 bits per heavy atom. The number of phenols is 1. The summed E-state index contributed by atoms with van der Waals surface area (Å²) in [6.07, 6.45) is -4.76. The van der Waals surface area contributed by atoms with Gasteiger partial charge in [-0.2, -0.15) is 13.2 Å². The Hall–Kier alpha value is -1.27. The van der Waals surface area contributed by atoms with E-state index in [1.807, 2.05) is 0 Å². The van der Waals surface area contributed by atoms with Gasteiger partial charge in [0.25, 0.3) is 0 Å². The SMILES string of the molecule is CNCC(=O)c1cc(Cl)c(O)c(C(F)(F)F)c1. The predicted molar refractivity (Wildman–Crippen MR) is 56.4 cm³/mol. The van der Waals surface area contributed by atoms with Crippen LogP contribution in [0, 0.1) is 0 Å². The van der Waals surface area contributed by atoms with Gasteiger partial charge in [0.15, 0.2) is 5.78 Å². The number of aromatic hydroxyl groups is 1. The Kier molecular flexibility index (Phi) is 4.00. The summed E-state index contributed by atoms with van der Waals surface area (Å²) in [5, 5.41) is 11.2. The fourth-order valence-corrected chi connectivity index (χ4v) is 1.46. The van der Waals surface area contributed by atoms with Gasteiger partial charge in [-0.25, -0.2) is 0 Å². The Bertz CT molecular complexity index is 446. The first-order valence-corrected chi connectivity index (χ1v) is 4.92. The summed E-state index contributed by atoms with van der Waals surface area (Å²) in [6.45, 7) is -0.113. The van der Waals surface area contributed by atoms with Crippen LogP contribution in [0.3, 0.4) is 0 Å². The molecule has 1 aromatic rings. The number of carbonyl (C=O) groups is 1. The molecule has 0 bridgehead atoms. The second-order valence-electron chi connectivity index (χ2n) is 3.31. The summed E-state index contributed by atoms with van der Waals surface area (Å²) in [5.74, 6) is -1.61. The molecule has 17 heavy (non-hydrogen) atoms. The van der Waals surface area contributed by atoms with Gasteiger partial charge in [-0.1, -0.05) is 11.6 Å². The lowest BCUT2D eigenvalue weighted by Crippen LogP contribution is -2.19. The Morgan fingerprint density at radius 3 is 2.53 bits per heavy atom. The molecule has 0 saturated heterocycles. The van der Waals surface area contributed by atoms with Crippen LogP contribution in [0.1, 0.15) is 15.9 Å². The molecule has 0 atom stereocenters. The molecule has 0 aliphatic heterocycles. The van der Waals surface area contributed by atoms with Crippen LogP contribution in [0.2, 0.25) is 5.02 Å². The molecule has 0 aliphatic rings. The maximum Gasteiger partial charge on any atom is 0.420 e. The molecule has 0 spiro atoms. The van der Waals surface area contributed by atoms with Crippen molar-refractivity contribution in [3.63, 3.8) is 0 Å². The molecular weight excluding hydrogens is 259 g/mol. The molecule has 0 aromatic heterocycles. The number of alkyl halides is 3. The van der Waals surface area contributed by atoms with Gasteiger partial charge in [-0.05, 0) is 19.2 Å². The summed E-state index contributed by atoms with van der Waals surface area (Å²) < 4.78 is 37.5. The molecule has 1 aromatic carbocycles. The van der Waals surface area contributed by atoms with Gasteiger partial charge < -0.3 is 10.4 Å². The highest BCUT2D eigenvalue weighted by Gasteiger charge is 2.35. The molecule has 0 radical (unpaired) electrons. The minimum atomic E-state index is -4.76. The molecular formula is C10H9ClF3NO2. The third-order valence-corrected chi connectivity index (χ3v) is 2.32. The Labute approximate surface area is 100 Å². The highest BCUT2D eigenvalue weighted by Crippen LogP contribution is 2.40. The zero-order valence-electron chi connectivity index (χ0n) is 8.73. The topological polar surface area (TPSA) is 49.3 Å². The van der Waals surface area contributed by atoms with Gasteiger partial charge in [-0.3, -0.25) is 4.79 Å². The first kappa shape index (κ1) is 13.8. The number of carbonyl (C=O) groups excluding carboxylic acids is 1. The molecule has 0 aliphatic carbocycles. The van der Waals surface area contributed by atoms with E-state index in [-0.39, 0.29) is 12.1 Å². The lowest BCUT2D eigenvalue weighted by Gasteiger charge is -2.12. The number of halogens is 4. The quantitative estimate of drug-likeness (QED) is 0.827. The first-order valence-electron chi connectivity index (χ1n) is 4.55. The molecule has 2 N–H and O–H groups in total. The third kappa shape index (κ3) is 3.10. The van der Waals surface area contributed by atoms with Crippen LogP contribution in [0.4, 0.5) is 13.2 Å². The monoisotopic (exact) mass is 267 g/mol. The standard InChI is InChI=1S/C10H9ClF3NO2/c1-15-4-8(16)5-2-6(10(12,13)14)9(17)7(11)3-5/h2-3,15,17H,4H2,1H3. The highest BCUT2D eigenvalue weighted by atomic mass is 35.5. The van der Waals surface area contributed by atoms with E-state index in [0.717, 1.165) is 6.07 Å². The van der Waals surface area contributed by atoms with Crippen LogP contribution in [0.5, 0.6) is 5.75 Å². The number of Topliss-reactive ketones (excluding diaryl/α,β-unsaturated/α-hetero) is 1. The van der Waals surface area contributed by atoms with E-state index in [9.17, 15) is 23.1 Å². The number of benzene rings is 1. The Balaban J connectivity index is 3.29. The van der Waals surface area contributed by atoms with Crippen LogP contribution < -0.4 is 5.32 Å². The largest absolute Gasteiger partial charge is 0.506 e. The lowest BCUT2D eigenvalue weighted by atomic mass is 10.1. The maximum absolute atomic E-state index is 12.5. The summed E-state index contributed by atoms with van der Waals surface area (Å²) in [6, 6.07) is 1.59. The molecule has 94 valence electrons. The van der Waals surface area contributed by atoms with E-state index in [2.05, 4.69) is 5.32 Å². The lowest BCUT2D eigenvalue weighted by molar-refractivity contribution is -0.138. The summed E-state index contributed by atoms with van der Waals surface area (Å²) >= 11 is 5.45. The summed E-state index contributed by atoms with van der Waals surface area (Å²) in [7, 11) is 1.49. The van der Waals surface area contributed by atoms with E-state index in [0.29, 0.717) is 6.07 Å². The van der Waals surface area contributed by atoms with Crippen molar-refractivity contribution >= 4 is 17.4 Å². The number of ketones is 1. The molecule has 0 unspecified atom stereocenters. The summed E-state index contributed by atoms with van der Waals surface area (Å²) in [5.41, 5.74) is -1.51. The highest BCUT2D eigenvalue weighted by molar-refractivity contribution is 6.32. The van der Waals surface area contributed by atoms with Crippen molar-refractivity contribution in [2.75, 3.05) is 13.6 Å². The average molecular weight is 268 g/mol. The number of hydrogen-bond donors (Lipinski definition) is 2.